The minimum atomic E-state index is -0.342. The zero-order valence-electron chi connectivity index (χ0n) is 29.2. The first kappa shape index (κ1) is 36.6. The van der Waals surface area contributed by atoms with E-state index < -0.39 is 0 Å². The lowest BCUT2D eigenvalue weighted by molar-refractivity contribution is 0.0777. The van der Waals surface area contributed by atoms with Crippen LogP contribution in [-0.4, -0.2) is 97.7 Å². The third kappa shape index (κ3) is 7.84. The van der Waals surface area contributed by atoms with Crippen molar-refractivity contribution in [3.05, 3.63) is 81.8 Å². The summed E-state index contributed by atoms with van der Waals surface area (Å²) in [6.45, 7) is 9.63. The minimum Gasteiger partial charge on any atom is -0.496 e. The molecule has 2 aliphatic heterocycles. The third-order valence-electron chi connectivity index (χ3n) is 10.2. The van der Waals surface area contributed by atoms with Gasteiger partial charge in [-0.25, -0.2) is 9.99 Å². The number of para-hydroxylation sites is 2. The number of nitrogens with zero attached hydrogens (tertiary/aromatic N) is 7. The van der Waals surface area contributed by atoms with E-state index in [0.29, 0.717) is 53.3 Å². The standard InChI is InChI=1S/C37H45Cl2N9O3/c1-3-51-22-21-47-33-8-5-4-7-32(33)42-36(47)45-16-6-15-44(19-20-45)17-13-37(27-9-11-30(38)31(39)23-27)14-18-46(25-37)35(49)29-24-28(48(26-40)43-41)10-12-34(29)50-2/h4-5,7-12,23-24,26,40-41H,3,6,13-22,25H2,1-2H3. The van der Waals surface area contributed by atoms with Crippen molar-refractivity contribution in [2.75, 3.05) is 76.0 Å². The number of benzene rings is 3. The van der Waals surface area contributed by atoms with Crippen molar-refractivity contribution in [1.29, 1.82) is 10.9 Å². The number of aromatic nitrogens is 2. The first-order valence-electron chi connectivity index (χ1n) is 17.4. The summed E-state index contributed by atoms with van der Waals surface area (Å²) < 4.78 is 13.6. The molecule has 2 saturated heterocycles. The van der Waals surface area contributed by atoms with Crippen molar-refractivity contribution in [1.82, 2.24) is 19.4 Å². The number of imidazole rings is 1. The molecule has 51 heavy (non-hydrogen) atoms. The topological polar surface area (TPSA) is 126 Å². The number of hydrogen-bond acceptors (Lipinski definition) is 9. The van der Waals surface area contributed by atoms with Gasteiger partial charge in [0.1, 0.15) is 12.1 Å². The van der Waals surface area contributed by atoms with E-state index in [2.05, 4.69) is 37.8 Å². The molecule has 2 N–H and O–H groups in total. The van der Waals surface area contributed by atoms with E-state index in [-0.39, 0.29) is 11.3 Å². The van der Waals surface area contributed by atoms with Gasteiger partial charge in [0.15, 0.2) is 0 Å². The Bertz CT molecular complexity index is 1860. The van der Waals surface area contributed by atoms with Gasteiger partial charge in [-0.2, -0.15) is 5.53 Å². The van der Waals surface area contributed by atoms with E-state index in [1.807, 2.05) is 36.1 Å². The van der Waals surface area contributed by atoms with Crippen LogP contribution in [0.2, 0.25) is 10.0 Å². The van der Waals surface area contributed by atoms with Crippen LogP contribution >= 0.6 is 23.2 Å². The monoisotopic (exact) mass is 733 g/mol. The van der Waals surface area contributed by atoms with Gasteiger partial charge in [0.2, 0.25) is 5.95 Å². The van der Waals surface area contributed by atoms with Gasteiger partial charge in [-0.3, -0.25) is 10.2 Å². The predicted octanol–water partition coefficient (Wildman–Crippen LogP) is 7.13. The molecule has 1 amide bonds. The highest BCUT2D eigenvalue weighted by Crippen LogP contribution is 2.41. The van der Waals surface area contributed by atoms with Crippen LogP contribution in [0.4, 0.5) is 11.6 Å². The lowest BCUT2D eigenvalue weighted by Crippen LogP contribution is -2.39. The van der Waals surface area contributed by atoms with Crippen LogP contribution in [0, 0.1) is 10.9 Å². The van der Waals surface area contributed by atoms with Crippen LogP contribution in [0.15, 0.2) is 65.9 Å². The SMILES string of the molecule is CCOCCn1c(N2CCCN(CCC3(c4ccc(Cl)c(Cl)c4)CCN(C(=O)c4cc(N(C=N)N=N)ccc4OC)C3)CC2)nc2ccccc21. The average Bonchev–Trinajstić information content (AvgIpc) is 3.67. The first-order valence-corrected chi connectivity index (χ1v) is 18.2. The Morgan fingerprint density at radius 2 is 1.88 bits per heavy atom. The Labute approximate surface area is 308 Å². The Balaban J connectivity index is 1.20. The van der Waals surface area contributed by atoms with E-state index in [1.165, 1.54) is 7.11 Å². The molecule has 3 heterocycles. The molecule has 0 spiro atoms. The first-order chi connectivity index (χ1) is 24.8. The van der Waals surface area contributed by atoms with Crippen molar-refractivity contribution in [3.63, 3.8) is 0 Å². The van der Waals surface area contributed by atoms with E-state index in [4.69, 9.17) is 48.6 Å². The molecule has 0 aliphatic carbocycles. The Hall–Kier alpha value is -4.23. The number of amides is 1. The summed E-state index contributed by atoms with van der Waals surface area (Å²) >= 11 is 12.9. The number of ether oxygens (including phenoxy) is 2. The van der Waals surface area contributed by atoms with E-state index >= 15 is 0 Å². The average molecular weight is 735 g/mol. The van der Waals surface area contributed by atoms with Crippen LogP contribution in [0.5, 0.6) is 5.75 Å². The number of fused-ring (bicyclic) bond motifs is 1. The second-order valence-corrected chi connectivity index (χ2v) is 13.8. The molecule has 4 aromatic rings. The molecule has 1 aromatic heterocycles. The number of halogens is 2. The van der Waals surface area contributed by atoms with Gasteiger partial charge in [0.05, 0.1) is 46.0 Å². The summed E-state index contributed by atoms with van der Waals surface area (Å²) in [6.07, 6.45) is 3.52. The van der Waals surface area contributed by atoms with Crippen LogP contribution in [-0.2, 0) is 16.7 Å². The highest BCUT2D eigenvalue weighted by Gasteiger charge is 2.42. The number of methoxy groups -OCH3 is 1. The number of nitrogens with one attached hydrogen (secondary N) is 2. The fourth-order valence-electron chi connectivity index (χ4n) is 7.38. The molecule has 0 radical (unpaired) electrons. The summed E-state index contributed by atoms with van der Waals surface area (Å²) in [7, 11) is 1.53. The maximum atomic E-state index is 14.1. The van der Waals surface area contributed by atoms with E-state index in [0.717, 1.165) is 92.4 Å². The van der Waals surface area contributed by atoms with Gasteiger partial charge in [-0.05, 0) is 87.3 Å². The van der Waals surface area contributed by atoms with Gasteiger partial charge in [0.25, 0.3) is 5.91 Å². The van der Waals surface area contributed by atoms with Crippen LogP contribution in [0.25, 0.3) is 11.0 Å². The highest BCUT2D eigenvalue weighted by atomic mass is 35.5. The summed E-state index contributed by atoms with van der Waals surface area (Å²) in [5.74, 6) is 1.24. The molecule has 6 rings (SSSR count). The number of anilines is 2. The van der Waals surface area contributed by atoms with Gasteiger partial charge in [0, 0.05) is 51.3 Å². The third-order valence-corrected chi connectivity index (χ3v) is 10.9. The van der Waals surface area contributed by atoms with Gasteiger partial charge in [-0.1, -0.05) is 46.6 Å². The summed E-state index contributed by atoms with van der Waals surface area (Å²) in [4.78, 5) is 26.0. The summed E-state index contributed by atoms with van der Waals surface area (Å²) in [6, 6.07) is 19.1. The number of carbonyl (C=O) groups is 1. The van der Waals surface area contributed by atoms with Crippen LogP contribution in [0.3, 0.4) is 0 Å². The number of rotatable bonds is 14. The van der Waals surface area contributed by atoms with Crippen molar-refractivity contribution < 1.29 is 14.3 Å². The molecule has 12 nitrogen and oxygen atoms in total. The number of likely N-dealkylation sites (tertiary alicyclic amines) is 1. The Morgan fingerprint density at radius 3 is 2.65 bits per heavy atom. The van der Waals surface area contributed by atoms with Crippen molar-refractivity contribution in [2.24, 2.45) is 5.22 Å². The lowest BCUT2D eigenvalue weighted by Gasteiger charge is -2.33. The van der Waals surface area contributed by atoms with E-state index in [9.17, 15) is 4.79 Å². The Morgan fingerprint density at radius 1 is 1.04 bits per heavy atom. The molecule has 14 heteroatoms. The minimum absolute atomic E-state index is 0.178. The second kappa shape index (κ2) is 16.4. The molecular formula is C37H45Cl2N9O3. The molecule has 2 fully saturated rings. The smallest absolute Gasteiger partial charge is 0.257 e. The number of carbonyl (C=O) groups excluding carboxylic acids is 1. The normalized spacial score (nSPS) is 18.2. The lowest BCUT2D eigenvalue weighted by atomic mass is 9.76. The van der Waals surface area contributed by atoms with Gasteiger partial charge in [-0.15, -0.1) is 0 Å². The molecule has 0 saturated carbocycles. The fraction of sp³-hybridized carbons (Fsp3) is 0.432. The molecular weight excluding hydrogens is 689 g/mol. The molecule has 1 atom stereocenters. The molecule has 1 unspecified atom stereocenters. The largest absolute Gasteiger partial charge is 0.496 e. The van der Waals surface area contributed by atoms with Crippen molar-refractivity contribution in [2.45, 2.75) is 38.1 Å². The quantitative estimate of drug-likeness (QED) is 0.0464. The highest BCUT2D eigenvalue weighted by molar-refractivity contribution is 6.42. The van der Waals surface area contributed by atoms with Crippen LogP contribution < -0.4 is 14.6 Å². The van der Waals surface area contributed by atoms with Crippen molar-refractivity contribution in [3.8, 4) is 5.75 Å². The summed E-state index contributed by atoms with van der Waals surface area (Å²) in [5, 5.41) is 13.1. The maximum absolute atomic E-state index is 14.1. The molecule has 0 bridgehead atoms. The molecule has 3 aromatic carbocycles. The van der Waals surface area contributed by atoms with E-state index in [1.54, 1.807) is 18.2 Å². The van der Waals surface area contributed by atoms with Crippen molar-refractivity contribution >= 4 is 58.1 Å². The van der Waals surface area contributed by atoms with Crippen LogP contribution in [0.1, 0.15) is 42.1 Å². The molecule has 2 aliphatic rings. The molecule has 270 valence electrons. The van der Waals surface area contributed by atoms with Gasteiger partial charge >= 0.3 is 0 Å². The second-order valence-electron chi connectivity index (χ2n) is 13.0. The zero-order valence-corrected chi connectivity index (χ0v) is 30.7. The summed E-state index contributed by atoms with van der Waals surface area (Å²) in [5.41, 5.74) is 11.1. The fourth-order valence-corrected chi connectivity index (χ4v) is 7.68. The number of hydrogen-bond donors (Lipinski definition) is 2. The van der Waals surface area contributed by atoms with Gasteiger partial charge < -0.3 is 28.7 Å². The predicted molar refractivity (Wildman–Crippen MR) is 202 cm³/mol. The zero-order chi connectivity index (χ0) is 36.0. The Kier molecular flexibility index (Phi) is 11.8. The maximum Gasteiger partial charge on any atom is 0.257 e.